The highest BCUT2D eigenvalue weighted by molar-refractivity contribution is 9.10. The maximum Gasteiger partial charge on any atom is 0.228 e. The van der Waals surface area contributed by atoms with Crippen molar-refractivity contribution in [2.24, 2.45) is 11.7 Å². The predicted octanol–water partition coefficient (Wildman–Crippen LogP) is 2.12. The van der Waals surface area contributed by atoms with Crippen molar-refractivity contribution in [1.82, 2.24) is 0 Å². The third-order valence-electron chi connectivity index (χ3n) is 1.99. The van der Waals surface area contributed by atoms with E-state index in [0.29, 0.717) is 4.47 Å². The van der Waals surface area contributed by atoms with Gasteiger partial charge in [0.2, 0.25) is 5.91 Å². The number of hydrogen-bond acceptors (Lipinski definition) is 2. The minimum Gasteiger partial charge on any atom is -0.330 e. The van der Waals surface area contributed by atoms with Crippen LogP contribution in [-0.4, -0.2) is 12.5 Å². The lowest BCUT2D eigenvalue weighted by molar-refractivity contribution is -0.119. The normalized spacial score (nSPS) is 12.3. The quantitative estimate of drug-likeness (QED) is 0.887. The van der Waals surface area contributed by atoms with Gasteiger partial charge in [0.15, 0.2) is 0 Å². The van der Waals surface area contributed by atoms with Crippen LogP contribution in [0.15, 0.2) is 22.7 Å². The van der Waals surface area contributed by atoms with Crippen LogP contribution in [0, 0.1) is 11.7 Å². The summed E-state index contributed by atoms with van der Waals surface area (Å²) in [5.74, 6) is -1.08. The highest BCUT2D eigenvalue weighted by Crippen LogP contribution is 2.19. The van der Waals surface area contributed by atoms with E-state index in [2.05, 4.69) is 21.2 Å². The number of amides is 1. The summed E-state index contributed by atoms with van der Waals surface area (Å²) < 4.78 is 13.9. The number of rotatable bonds is 3. The van der Waals surface area contributed by atoms with Gasteiger partial charge in [-0.05, 0) is 18.2 Å². The van der Waals surface area contributed by atoms with Gasteiger partial charge in [0.1, 0.15) is 5.82 Å². The average molecular weight is 275 g/mol. The van der Waals surface area contributed by atoms with E-state index in [1.807, 2.05) is 0 Å². The predicted molar refractivity (Wildman–Crippen MR) is 60.9 cm³/mol. The van der Waals surface area contributed by atoms with Gasteiger partial charge < -0.3 is 11.1 Å². The summed E-state index contributed by atoms with van der Waals surface area (Å²) in [6, 6.07) is 4.45. The molecule has 0 aliphatic rings. The first-order valence-electron chi connectivity index (χ1n) is 4.50. The third-order valence-corrected chi connectivity index (χ3v) is 2.48. The number of hydrogen-bond donors (Lipinski definition) is 2. The Kier molecular flexibility index (Phi) is 4.23. The molecule has 0 aromatic heterocycles. The molecule has 5 heteroatoms. The Morgan fingerprint density at radius 2 is 2.33 bits per heavy atom. The van der Waals surface area contributed by atoms with Gasteiger partial charge in [0.25, 0.3) is 0 Å². The van der Waals surface area contributed by atoms with Crippen molar-refractivity contribution in [3.8, 4) is 0 Å². The fourth-order valence-corrected chi connectivity index (χ4v) is 1.29. The summed E-state index contributed by atoms with van der Waals surface area (Å²) in [7, 11) is 0. The van der Waals surface area contributed by atoms with Crippen molar-refractivity contribution >= 4 is 27.5 Å². The molecule has 1 aromatic rings. The van der Waals surface area contributed by atoms with E-state index in [1.54, 1.807) is 13.0 Å². The number of carbonyl (C=O) groups excluding carboxylic acids is 1. The van der Waals surface area contributed by atoms with Crippen LogP contribution in [0.3, 0.4) is 0 Å². The van der Waals surface area contributed by atoms with Crippen LogP contribution in [0.4, 0.5) is 10.1 Å². The summed E-state index contributed by atoms with van der Waals surface area (Å²) >= 11 is 3.13. The molecule has 3 nitrogen and oxygen atoms in total. The zero-order chi connectivity index (χ0) is 11.4. The Balaban J connectivity index is 2.77. The fraction of sp³-hybridized carbons (Fsp3) is 0.300. The van der Waals surface area contributed by atoms with Crippen LogP contribution in [0.5, 0.6) is 0 Å². The Bertz CT molecular complexity index is 370. The molecule has 0 radical (unpaired) electrons. The van der Waals surface area contributed by atoms with Crippen molar-refractivity contribution < 1.29 is 9.18 Å². The maximum absolute atomic E-state index is 13.3. The first-order valence-corrected chi connectivity index (χ1v) is 5.30. The van der Waals surface area contributed by atoms with Crippen LogP contribution in [0.2, 0.25) is 0 Å². The fourth-order valence-electron chi connectivity index (χ4n) is 0.954. The van der Waals surface area contributed by atoms with E-state index in [1.165, 1.54) is 12.1 Å². The molecule has 0 spiro atoms. The first-order chi connectivity index (χ1) is 7.04. The lowest BCUT2D eigenvalue weighted by atomic mass is 10.1. The zero-order valence-electron chi connectivity index (χ0n) is 8.26. The van der Waals surface area contributed by atoms with Gasteiger partial charge in [0, 0.05) is 16.9 Å². The molecular formula is C10H12BrFN2O. The summed E-state index contributed by atoms with van der Waals surface area (Å²) in [6.07, 6.45) is 0. The summed E-state index contributed by atoms with van der Waals surface area (Å²) in [4.78, 5) is 11.4. The molecule has 1 aromatic carbocycles. The van der Waals surface area contributed by atoms with Gasteiger partial charge in [-0.2, -0.15) is 0 Å². The Morgan fingerprint density at radius 1 is 1.67 bits per heavy atom. The van der Waals surface area contributed by atoms with Crippen molar-refractivity contribution in [3.05, 3.63) is 28.5 Å². The standard InChI is InChI=1S/C10H12BrFN2O/c1-6(5-13)10(15)14-9-3-2-7(11)4-8(9)12/h2-4,6H,5,13H2,1H3,(H,14,15). The molecule has 0 saturated heterocycles. The van der Waals surface area contributed by atoms with E-state index in [0.717, 1.165) is 0 Å². The molecule has 0 aliphatic heterocycles. The van der Waals surface area contributed by atoms with E-state index in [9.17, 15) is 9.18 Å². The summed E-state index contributed by atoms with van der Waals surface area (Å²) in [6.45, 7) is 1.93. The van der Waals surface area contributed by atoms with E-state index in [4.69, 9.17) is 5.73 Å². The van der Waals surface area contributed by atoms with Gasteiger partial charge >= 0.3 is 0 Å². The molecule has 15 heavy (non-hydrogen) atoms. The van der Waals surface area contributed by atoms with Crippen LogP contribution >= 0.6 is 15.9 Å². The van der Waals surface area contributed by atoms with Gasteiger partial charge in [-0.15, -0.1) is 0 Å². The lowest BCUT2D eigenvalue weighted by Crippen LogP contribution is -2.27. The van der Waals surface area contributed by atoms with Crippen molar-refractivity contribution in [2.45, 2.75) is 6.92 Å². The number of nitrogens with two attached hydrogens (primary N) is 1. The van der Waals surface area contributed by atoms with Gasteiger partial charge in [0.05, 0.1) is 5.69 Å². The number of benzene rings is 1. The molecule has 1 atom stereocenters. The molecule has 82 valence electrons. The third kappa shape index (κ3) is 3.28. The molecule has 1 rings (SSSR count). The monoisotopic (exact) mass is 274 g/mol. The Hall–Kier alpha value is -0.940. The molecule has 0 aliphatic carbocycles. The minimum absolute atomic E-state index is 0.170. The van der Waals surface area contributed by atoms with Crippen molar-refractivity contribution in [3.63, 3.8) is 0 Å². The largest absolute Gasteiger partial charge is 0.330 e. The highest BCUT2D eigenvalue weighted by Gasteiger charge is 2.12. The molecular weight excluding hydrogens is 263 g/mol. The molecule has 1 amide bonds. The second kappa shape index (κ2) is 5.23. The molecule has 1 unspecified atom stereocenters. The second-order valence-electron chi connectivity index (χ2n) is 3.25. The van der Waals surface area contributed by atoms with Crippen molar-refractivity contribution in [2.75, 3.05) is 11.9 Å². The maximum atomic E-state index is 13.3. The summed E-state index contributed by atoms with van der Waals surface area (Å²) in [5, 5.41) is 2.47. The second-order valence-corrected chi connectivity index (χ2v) is 4.17. The smallest absolute Gasteiger partial charge is 0.228 e. The lowest BCUT2D eigenvalue weighted by Gasteiger charge is -2.10. The SMILES string of the molecule is CC(CN)C(=O)Nc1ccc(Br)cc1F. The van der Waals surface area contributed by atoms with Gasteiger partial charge in [-0.25, -0.2) is 4.39 Å². The number of carbonyl (C=O) groups is 1. The molecule has 0 heterocycles. The summed E-state index contributed by atoms with van der Waals surface area (Å²) in [5.41, 5.74) is 5.50. The van der Waals surface area contributed by atoms with E-state index < -0.39 is 5.82 Å². The zero-order valence-corrected chi connectivity index (χ0v) is 9.84. The molecule has 0 bridgehead atoms. The number of nitrogens with one attached hydrogen (secondary N) is 1. The highest BCUT2D eigenvalue weighted by atomic mass is 79.9. The van der Waals surface area contributed by atoms with Gasteiger partial charge in [-0.3, -0.25) is 4.79 Å². The molecule has 0 fully saturated rings. The van der Waals surface area contributed by atoms with E-state index >= 15 is 0 Å². The number of anilines is 1. The van der Waals surface area contributed by atoms with Crippen LogP contribution in [-0.2, 0) is 4.79 Å². The Labute approximate surface area is 96.0 Å². The van der Waals surface area contributed by atoms with Crippen LogP contribution in [0.25, 0.3) is 0 Å². The molecule has 0 saturated carbocycles. The first kappa shape index (κ1) is 12.1. The number of halogens is 2. The topological polar surface area (TPSA) is 55.1 Å². The minimum atomic E-state index is -0.470. The Morgan fingerprint density at radius 3 is 2.87 bits per heavy atom. The van der Waals surface area contributed by atoms with Crippen molar-refractivity contribution in [1.29, 1.82) is 0 Å². The van der Waals surface area contributed by atoms with Gasteiger partial charge in [-0.1, -0.05) is 22.9 Å². The van der Waals surface area contributed by atoms with E-state index in [-0.39, 0.29) is 24.1 Å². The molecule has 3 N–H and O–H groups in total. The van der Waals surface area contributed by atoms with Crippen LogP contribution in [0.1, 0.15) is 6.92 Å². The average Bonchev–Trinajstić information content (AvgIpc) is 2.20. The van der Waals surface area contributed by atoms with Crippen LogP contribution < -0.4 is 11.1 Å².